The summed E-state index contributed by atoms with van der Waals surface area (Å²) >= 11 is 7.26. The van der Waals surface area contributed by atoms with Crippen molar-refractivity contribution >= 4 is 45.8 Å². The molecule has 2 amide bonds. The third kappa shape index (κ3) is 7.01. The van der Waals surface area contributed by atoms with Gasteiger partial charge in [0, 0.05) is 28.1 Å². The number of aromatic nitrogens is 2. The molecule has 0 saturated heterocycles. The molecule has 9 nitrogen and oxygen atoms in total. The lowest BCUT2D eigenvalue weighted by Crippen LogP contribution is -2.33. The van der Waals surface area contributed by atoms with Gasteiger partial charge in [0.1, 0.15) is 16.6 Å². The number of carbonyl (C=O) groups excluding carboxylic acids is 2. The number of thiophene rings is 1. The third-order valence-electron chi connectivity index (χ3n) is 6.00. The van der Waals surface area contributed by atoms with Crippen LogP contribution in [0.2, 0.25) is 5.02 Å². The van der Waals surface area contributed by atoms with Gasteiger partial charge in [-0.2, -0.15) is 0 Å². The summed E-state index contributed by atoms with van der Waals surface area (Å²) in [5.74, 6) is -1.91. The van der Waals surface area contributed by atoms with Crippen molar-refractivity contribution in [3.05, 3.63) is 87.9 Å². The normalized spacial score (nSPS) is 11.0. The number of hydrogen-bond donors (Lipinski definition) is 1. The number of nitrogens with one attached hydrogen (secondary N) is 1. The Hall–Kier alpha value is -4.13. The van der Waals surface area contributed by atoms with Crippen molar-refractivity contribution < 1.29 is 27.8 Å². The first-order valence-electron chi connectivity index (χ1n) is 12.8. The van der Waals surface area contributed by atoms with Gasteiger partial charge in [-0.05, 0) is 62.5 Å². The van der Waals surface area contributed by atoms with E-state index in [2.05, 4.69) is 15.5 Å². The Kier molecular flexibility index (Phi) is 10.0. The van der Waals surface area contributed by atoms with Crippen LogP contribution in [0.5, 0.6) is 5.88 Å². The van der Waals surface area contributed by atoms with Crippen molar-refractivity contribution in [2.24, 2.45) is 0 Å². The minimum absolute atomic E-state index is 0.00196. The summed E-state index contributed by atoms with van der Waals surface area (Å²) in [6, 6.07) is 13.5. The highest BCUT2D eigenvalue weighted by Gasteiger charge is 2.32. The van der Waals surface area contributed by atoms with Crippen molar-refractivity contribution in [2.75, 3.05) is 38.0 Å². The molecule has 220 valence electrons. The van der Waals surface area contributed by atoms with E-state index < -0.39 is 30.2 Å². The van der Waals surface area contributed by atoms with E-state index in [1.165, 1.54) is 25.3 Å². The second-order valence-electron chi connectivity index (χ2n) is 9.23. The lowest BCUT2D eigenvalue weighted by Gasteiger charge is -2.23. The van der Waals surface area contributed by atoms with Gasteiger partial charge in [-0.1, -0.05) is 29.8 Å². The molecule has 2 aromatic carbocycles. The highest BCUT2D eigenvalue weighted by Crippen LogP contribution is 2.44. The zero-order chi connectivity index (χ0) is 30.4. The molecule has 0 unspecified atom stereocenters. The van der Waals surface area contributed by atoms with Crippen LogP contribution < -0.4 is 15.0 Å². The van der Waals surface area contributed by atoms with Crippen LogP contribution >= 0.6 is 22.9 Å². The monoisotopic (exact) mass is 615 g/mol. The number of ether oxygens (including phenoxy) is 2. The number of carbonyl (C=O) groups is 2. The van der Waals surface area contributed by atoms with E-state index in [9.17, 15) is 18.4 Å². The fourth-order valence-corrected chi connectivity index (χ4v) is 5.54. The number of halogens is 3. The number of hydrogen-bond acceptors (Lipinski definition) is 8. The summed E-state index contributed by atoms with van der Waals surface area (Å²) in [4.78, 5) is 31.0. The predicted molar refractivity (Wildman–Crippen MR) is 158 cm³/mol. The summed E-state index contributed by atoms with van der Waals surface area (Å²) in [5.41, 5.74) is 1.06. The van der Waals surface area contributed by atoms with Crippen molar-refractivity contribution in [1.82, 2.24) is 15.1 Å². The van der Waals surface area contributed by atoms with Crippen molar-refractivity contribution in [2.45, 2.75) is 20.0 Å². The van der Waals surface area contributed by atoms with Crippen LogP contribution in [0.3, 0.4) is 0 Å². The molecule has 0 saturated carbocycles. The Labute approximate surface area is 250 Å². The van der Waals surface area contributed by atoms with Gasteiger partial charge in [0.15, 0.2) is 5.82 Å². The van der Waals surface area contributed by atoms with Crippen LogP contribution in [0.1, 0.15) is 28.4 Å². The number of benzene rings is 2. The first kappa shape index (κ1) is 30.8. The van der Waals surface area contributed by atoms with Crippen LogP contribution in [0.15, 0.2) is 54.6 Å². The Bertz CT molecular complexity index is 1550. The highest BCUT2D eigenvalue weighted by molar-refractivity contribution is 7.20. The summed E-state index contributed by atoms with van der Waals surface area (Å²) in [6.07, 6.45) is -0.876. The quantitative estimate of drug-likeness (QED) is 0.214. The van der Waals surface area contributed by atoms with E-state index in [-0.39, 0.29) is 41.0 Å². The number of anilines is 2. The largest absolute Gasteiger partial charge is 0.480 e. The third-order valence-corrected chi connectivity index (χ3v) is 7.55. The number of amides is 2. The summed E-state index contributed by atoms with van der Waals surface area (Å²) in [6.45, 7) is 1.37. The van der Waals surface area contributed by atoms with Gasteiger partial charge < -0.3 is 19.7 Å². The molecule has 0 fully saturated rings. The Balaban J connectivity index is 1.94. The standard InChI is InChI=1S/C29H28ClF2N5O4S/c1-5-41-29(39)37(16-19-21(31)7-6-8-22(19)32)28-25(27(38)33-23-13-14-24(40-4)35-34-23)20(15-36(2)3)26(42-28)17-9-11-18(30)12-10-17/h6-14H,5,15-16H2,1-4H3,(H,33,34,38). The van der Waals surface area contributed by atoms with Gasteiger partial charge in [0.05, 0.1) is 25.8 Å². The molecule has 0 spiro atoms. The molecule has 4 rings (SSSR count). The second kappa shape index (κ2) is 13.7. The van der Waals surface area contributed by atoms with E-state index in [4.69, 9.17) is 21.1 Å². The minimum Gasteiger partial charge on any atom is -0.480 e. The zero-order valence-electron chi connectivity index (χ0n) is 23.3. The summed E-state index contributed by atoms with van der Waals surface area (Å²) < 4.78 is 39.9. The van der Waals surface area contributed by atoms with E-state index in [0.29, 0.717) is 15.5 Å². The first-order valence-corrected chi connectivity index (χ1v) is 13.9. The minimum atomic E-state index is -0.876. The number of rotatable bonds is 10. The molecule has 2 heterocycles. The van der Waals surface area contributed by atoms with Gasteiger partial charge >= 0.3 is 6.09 Å². The van der Waals surface area contributed by atoms with Crippen molar-refractivity contribution in [3.63, 3.8) is 0 Å². The lowest BCUT2D eigenvalue weighted by molar-refractivity contribution is 0.102. The molecule has 0 atom stereocenters. The fraction of sp³-hybridized carbons (Fsp3) is 0.241. The second-order valence-corrected chi connectivity index (χ2v) is 10.7. The summed E-state index contributed by atoms with van der Waals surface area (Å²) in [7, 11) is 5.10. The molecule has 4 aromatic rings. The van der Waals surface area contributed by atoms with Gasteiger partial charge in [0.25, 0.3) is 5.91 Å². The highest BCUT2D eigenvalue weighted by atomic mass is 35.5. The molecule has 0 bridgehead atoms. The molecular weight excluding hydrogens is 588 g/mol. The predicted octanol–water partition coefficient (Wildman–Crippen LogP) is 6.62. The van der Waals surface area contributed by atoms with Gasteiger partial charge in [-0.15, -0.1) is 21.5 Å². The SMILES string of the molecule is CCOC(=O)N(Cc1c(F)cccc1F)c1sc(-c2ccc(Cl)cc2)c(CN(C)C)c1C(=O)Nc1ccc(OC)nn1. The van der Waals surface area contributed by atoms with E-state index >= 15 is 0 Å². The average molecular weight is 616 g/mol. The maximum absolute atomic E-state index is 14.8. The molecule has 1 N–H and O–H groups in total. The van der Waals surface area contributed by atoms with E-state index in [0.717, 1.165) is 33.9 Å². The molecule has 0 radical (unpaired) electrons. The van der Waals surface area contributed by atoms with Gasteiger partial charge in [-0.3, -0.25) is 9.69 Å². The van der Waals surface area contributed by atoms with Crippen LogP contribution in [-0.4, -0.2) is 54.9 Å². The summed E-state index contributed by atoms with van der Waals surface area (Å²) in [5, 5.41) is 11.2. The van der Waals surface area contributed by atoms with E-state index in [1.54, 1.807) is 31.2 Å². The van der Waals surface area contributed by atoms with Gasteiger partial charge in [-0.25, -0.2) is 13.6 Å². The molecule has 42 heavy (non-hydrogen) atoms. The average Bonchev–Trinajstić information content (AvgIpc) is 3.31. The van der Waals surface area contributed by atoms with Crippen molar-refractivity contribution in [1.29, 1.82) is 0 Å². The zero-order valence-corrected chi connectivity index (χ0v) is 24.9. The Morgan fingerprint density at radius 1 is 0.976 bits per heavy atom. The van der Waals surface area contributed by atoms with Crippen molar-refractivity contribution in [3.8, 4) is 16.3 Å². The van der Waals surface area contributed by atoms with Gasteiger partial charge in [0.2, 0.25) is 5.88 Å². The maximum atomic E-state index is 14.8. The molecule has 2 aromatic heterocycles. The van der Waals surface area contributed by atoms with E-state index in [1.807, 2.05) is 19.0 Å². The Morgan fingerprint density at radius 3 is 2.24 bits per heavy atom. The number of nitrogens with zero attached hydrogens (tertiary/aromatic N) is 4. The molecule has 0 aliphatic carbocycles. The topological polar surface area (TPSA) is 96.9 Å². The fourth-order valence-electron chi connectivity index (χ4n) is 4.11. The maximum Gasteiger partial charge on any atom is 0.415 e. The molecule has 0 aliphatic heterocycles. The number of methoxy groups -OCH3 is 1. The van der Waals surface area contributed by atoms with Crippen LogP contribution in [0.25, 0.3) is 10.4 Å². The molecular formula is C29H28ClF2N5O4S. The van der Waals surface area contributed by atoms with Crippen LogP contribution in [0, 0.1) is 11.6 Å². The lowest BCUT2D eigenvalue weighted by atomic mass is 10.0. The molecule has 13 heteroatoms. The smallest absolute Gasteiger partial charge is 0.415 e. The first-order chi connectivity index (χ1) is 20.1. The van der Waals surface area contributed by atoms with Crippen LogP contribution in [0.4, 0.5) is 24.4 Å². The Morgan fingerprint density at radius 2 is 1.67 bits per heavy atom. The molecule has 0 aliphatic rings. The van der Waals surface area contributed by atoms with Crippen LogP contribution in [-0.2, 0) is 17.8 Å².